The molecular formula is C22H19N4+. The first-order chi connectivity index (χ1) is 12.8. The molecule has 0 saturated carbocycles. The molecule has 4 heteroatoms. The second-order valence-electron chi connectivity index (χ2n) is 6.62. The third-order valence-electron chi connectivity index (χ3n) is 5.02. The molecule has 3 heterocycles. The highest BCUT2D eigenvalue weighted by atomic mass is 15.3. The third kappa shape index (κ3) is 2.02. The summed E-state index contributed by atoms with van der Waals surface area (Å²) in [5.74, 6) is 2.17. The topological polar surface area (TPSA) is 24.9 Å². The highest BCUT2D eigenvalue weighted by Gasteiger charge is 2.35. The lowest BCUT2D eigenvalue weighted by molar-refractivity contribution is -0.657. The maximum absolute atomic E-state index is 4.46. The van der Waals surface area contributed by atoms with Crippen LogP contribution in [0.25, 0.3) is 16.8 Å². The lowest BCUT2D eigenvalue weighted by atomic mass is 10.0. The fourth-order valence-electron chi connectivity index (χ4n) is 3.80. The smallest absolute Gasteiger partial charge is 0.265 e. The summed E-state index contributed by atoms with van der Waals surface area (Å²) in [5, 5.41) is 0. The van der Waals surface area contributed by atoms with Crippen LogP contribution >= 0.6 is 0 Å². The predicted molar refractivity (Wildman–Crippen MR) is 103 cm³/mol. The van der Waals surface area contributed by atoms with Crippen LogP contribution in [-0.4, -0.2) is 9.55 Å². The molecule has 1 aliphatic rings. The van der Waals surface area contributed by atoms with Gasteiger partial charge in [-0.05, 0) is 36.8 Å². The monoisotopic (exact) mass is 339 g/mol. The van der Waals surface area contributed by atoms with Gasteiger partial charge in [-0.25, -0.2) is 9.55 Å². The minimum Gasteiger partial charge on any atom is -0.265 e. The molecule has 0 unspecified atom stereocenters. The van der Waals surface area contributed by atoms with Crippen molar-refractivity contribution in [1.82, 2.24) is 9.55 Å². The number of para-hydroxylation sites is 2. The molecule has 0 atom stereocenters. The van der Waals surface area contributed by atoms with E-state index in [4.69, 9.17) is 0 Å². The van der Waals surface area contributed by atoms with Gasteiger partial charge in [0, 0.05) is 5.56 Å². The summed E-state index contributed by atoms with van der Waals surface area (Å²) in [7, 11) is 2.10. The Morgan fingerprint density at radius 2 is 1.58 bits per heavy atom. The second kappa shape index (κ2) is 5.56. The van der Waals surface area contributed by atoms with E-state index >= 15 is 0 Å². The Balaban J connectivity index is 1.95. The molecule has 26 heavy (non-hydrogen) atoms. The molecule has 0 fully saturated rings. The average Bonchev–Trinajstić information content (AvgIpc) is 3.10. The van der Waals surface area contributed by atoms with Crippen LogP contribution in [0.1, 0.15) is 5.56 Å². The number of rotatable bonds is 1. The lowest BCUT2D eigenvalue weighted by Gasteiger charge is -2.19. The first kappa shape index (κ1) is 14.9. The number of imidazole rings is 1. The Morgan fingerprint density at radius 3 is 2.42 bits per heavy atom. The van der Waals surface area contributed by atoms with Gasteiger partial charge >= 0.3 is 0 Å². The summed E-state index contributed by atoms with van der Waals surface area (Å²) in [6, 6.07) is 21.3. The first-order valence-electron chi connectivity index (χ1n) is 8.72. The van der Waals surface area contributed by atoms with Gasteiger partial charge in [0.05, 0.1) is 30.7 Å². The van der Waals surface area contributed by atoms with Crippen LogP contribution in [0.5, 0.6) is 0 Å². The lowest BCUT2D eigenvalue weighted by Crippen LogP contribution is -2.35. The number of hydrogen-bond donors (Lipinski definition) is 0. The first-order valence-corrected chi connectivity index (χ1v) is 8.72. The predicted octanol–water partition coefficient (Wildman–Crippen LogP) is 4.46. The number of anilines is 3. The summed E-state index contributed by atoms with van der Waals surface area (Å²) in [6.45, 7) is 2.15. The quantitative estimate of drug-likeness (QED) is 0.421. The molecule has 0 spiro atoms. The van der Waals surface area contributed by atoms with Crippen LogP contribution in [0.3, 0.4) is 0 Å². The molecule has 4 aromatic rings. The number of benzene rings is 2. The summed E-state index contributed by atoms with van der Waals surface area (Å²) in [6.07, 6.45) is 5.93. The normalized spacial score (nSPS) is 12.2. The van der Waals surface area contributed by atoms with Gasteiger partial charge < -0.3 is 0 Å². The Bertz CT molecular complexity index is 1130. The van der Waals surface area contributed by atoms with Crippen LogP contribution in [-0.2, 0) is 7.05 Å². The Morgan fingerprint density at radius 1 is 0.846 bits per heavy atom. The second-order valence-corrected chi connectivity index (χ2v) is 6.62. The number of nitrogens with zero attached hydrogens (tertiary/aromatic N) is 4. The van der Waals surface area contributed by atoms with Gasteiger partial charge in [-0.2, -0.15) is 4.90 Å². The van der Waals surface area contributed by atoms with Crippen molar-refractivity contribution >= 4 is 17.3 Å². The van der Waals surface area contributed by atoms with Gasteiger partial charge in [-0.15, -0.1) is 0 Å². The van der Waals surface area contributed by atoms with Crippen LogP contribution in [0, 0.1) is 6.92 Å². The molecule has 0 bridgehead atoms. The zero-order valence-corrected chi connectivity index (χ0v) is 14.8. The van der Waals surface area contributed by atoms with Gasteiger partial charge in [-0.1, -0.05) is 36.4 Å². The van der Waals surface area contributed by atoms with Crippen molar-refractivity contribution in [2.24, 2.45) is 7.05 Å². The maximum atomic E-state index is 4.46. The standard InChI is InChI=1S/C22H19N4/c1-16-8-3-5-11-19(16)26-21-14-23-15-25(21)20-12-6-4-9-17(20)18-10-7-13-24(2)22(18)26/h3-15H,1-2H3/q+1. The SMILES string of the molecule is Cc1ccccc1N1c2cncn2-c2ccccc2-c2ccc[n+](C)c21. The highest BCUT2D eigenvalue weighted by Crippen LogP contribution is 2.44. The van der Waals surface area contributed by atoms with E-state index in [0.29, 0.717) is 0 Å². The van der Waals surface area contributed by atoms with Gasteiger partial charge in [0.15, 0.2) is 0 Å². The molecule has 5 rings (SSSR count). The number of hydrogen-bond acceptors (Lipinski definition) is 2. The summed E-state index contributed by atoms with van der Waals surface area (Å²) < 4.78 is 4.35. The van der Waals surface area contributed by atoms with Crippen molar-refractivity contribution < 1.29 is 4.57 Å². The molecule has 2 aromatic heterocycles. The van der Waals surface area contributed by atoms with E-state index < -0.39 is 0 Å². The molecule has 126 valence electrons. The largest absolute Gasteiger partial charge is 0.296 e. The van der Waals surface area contributed by atoms with Crippen LogP contribution in [0.4, 0.5) is 17.3 Å². The minimum atomic E-state index is 1.03. The molecule has 0 N–H and O–H groups in total. The number of aromatic nitrogens is 3. The van der Waals surface area contributed by atoms with Gasteiger partial charge in [-0.3, -0.25) is 4.57 Å². The number of fused-ring (bicyclic) bond motifs is 5. The van der Waals surface area contributed by atoms with E-state index in [1.165, 1.54) is 16.7 Å². The van der Waals surface area contributed by atoms with Gasteiger partial charge in [0.2, 0.25) is 5.82 Å². The molecule has 1 aliphatic heterocycles. The summed E-state index contributed by atoms with van der Waals surface area (Å²) in [4.78, 5) is 6.77. The van der Waals surface area contributed by atoms with Crippen molar-refractivity contribution in [3.63, 3.8) is 0 Å². The van der Waals surface area contributed by atoms with E-state index in [1.54, 1.807) is 0 Å². The van der Waals surface area contributed by atoms with Gasteiger partial charge in [0.25, 0.3) is 5.82 Å². The molecule has 0 aliphatic carbocycles. The Kier molecular flexibility index (Phi) is 3.19. The molecule has 2 aromatic carbocycles. The molecule has 0 saturated heterocycles. The van der Waals surface area contributed by atoms with Crippen molar-refractivity contribution in [2.75, 3.05) is 4.90 Å². The van der Waals surface area contributed by atoms with Crippen LogP contribution in [0.15, 0.2) is 79.4 Å². The maximum Gasteiger partial charge on any atom is 0.296 e. The Hall–Kier alpha value is -3.40. The summed E-state index contributed by atoms with van der Waals surface area (Å²) >= 11 is 0. The van der Waals surface area contributed by atoms with Crippen LogP contribution < -0.4 is 9.47 Å². The molecule has 0 amide bonds. The third-order valence-corrected chi connectivity index (χ3v) is 5.02. The highest BCUT2D eigenvalue weighted by molar-refractivity contribution is 5.90. The van der Waals surface area contributed by atoms with Crippen molar-refractivity contribution in [1.29, 1.82) is 0 Å². The van der Waals surface area contributed by atoms with Crippen molar-refractivity contribution in [3.05, 3.63) is 84.9 Å². The van der Waals surface area contributed by atoms with E-state index in [2.05, 4.69) is 99.9 Å². The van der Waals surface area contributed by atoms with Crippen molar-refractivity contribution in [3.8, 4) is 16.8 Å². The molecular weight excluding hydrogens is 320 g/mol. The average molecular weight is 339 g/mol. The fourth-order valence-corrected chi connectivity index (χ4v) is 3.80. The summed E-state index contributed by atoms with van der Waals surface area (Å²) in [5.41, 5.74) is 5.93. The fraction of sp³-hybridized carbons (Fsp3) is 0.0909. The Labute approximate surface area is 152 Å². The molecule has 4 nitrogen and oxygen atoms in total. The van der Waals surface area contributed by atoms with Crippen molar-refractivity contribution in [2.45, 2.75) is 6.92 Å². The van der Waals surface area contributed by atoms with Crippen LogP contribution in [0.2, 0.25) is 0 Å². The van der Waals surface area contributed by atoms with E-state index in [0.717, 1.165) is 23.0 Å². The van der Waals surface area contributed by atoms with E-state index in [1.807, 2.05) is 12.5 Å². The van der Waals surface area contributed by atoms with E-state index in [-0.39, 0.29) is 0 Å². The van der Waals surface area contributed by atoms with E-state index in [9.17, 15) is 0 Å². The number of pyridine rings is 1. The van der Waals surface area contributed by atoms with Gasteiger partial charge in [0.1, 0.15) is 12.0 Å². The number of aryl methyl sites for hydroxylation is 2. The molecule has 0 radical (unpaired) electrons. The minimum absolute atomic E-state index is 1.03. The zero-order valence-electron chi connectivity index (χ0n) is 14.8. The zero-order chi connectivity index (χ0) is 17.7.